The molecule has 11 nitrogen and oxygen atoms in total. The van der Waals surface area contributed by atoms with Gasteiger partial charge in [-0.05, 0) is 12.8 Å². The van der Waals surface area contributed by atoms with Crippen LogP contribution < -0.4 is 14.4 Å². The molecule has 2 aromatic heterocycles. The van der Waals surface area contributed by atoms with Gasteiger partial charge in [0, 0.05) is 38.0 Å². The van der Waals surface area contributed by atoms with Crippen molar-refractivity contribution in [2.75, 3.05) is 50.5 Å². The molecule has 190 valence electrons. The van der Waals surface area contributed by atoms with Crippen molar-refractivity contribution in [3.05, 3.63) is 29.6 Å². The highest BCUT2D eigenvalue weighted by Crippen LogP contribution is 2.34. The summed E-state index contributed by atoms with van der Waals surface area (Å²) in [5.74, 6) is -0.624. The fourth-order valence-electron chi connectivity index (χ4n) is 4.80. The Kier molecular flexibility index (Phi) is 6.93. The third-order valence-electron chi connectivity index (χ3n) is 6.51. The lowest BCUT2D eigenvalue weighted by Crippen LogP contribution is -2.58. The topological polar surface area (TPSA) is 120 Å². The Hall–Kier alpha value is -2.35. The predicted molar refractivity (Wildman–Crippen MR) is 124 cm³/mol. The van der Waals surface area contributed by atoms with Crippen LogP contribution in [0.15, 0.2) is 18.7 Å². The lowest BCUT2D eigenvalue weighted by molar-refractivity contribution is -0.0783. The maximum atomic E-state index is 15.2. The molecular weight excluding hydrogens is 503 g/mol. The van der Waals surface area contributed by atoms with E-state index in [9.17, 15) is 8.42 Å². The number of hydrogen-bond acceptors (Lipinski definition) is 10. The Balaban J connectivity index is 1.25. The SMILES string of the molecule is CS(=O)(=O)N1CCC(Oc2ncnc(OC3[C@@H]4COC[C@H]3CN(c3ncc(Cl)cn3)C4)c2F)CC1. The van der Waals surface area contributed by atoms with Gasteiger partial charge in [0.05, 0.1) is 36.9 Å². The van der Waals surface area contributed by atoms with E-state index in [2.05, 4.69) is 24.8 Å². The van der Waals surface area contributed by atoms with E-state index in [1.165, 1.54) is 16.9 Å². The van der Waals surface area contributed by atoms with Crippen molar-refractivity contribution in [2.45, 2.75) is 25.0 Å². The number of hydrogen-bond donors (Lipinski definition) is 0. The number of halogens is 2. The number of fused-ring (bicyclic) bond motifs is 2. The van der Waals surface area contributed by atoms with E-state index >= 15 is 4.39 Å². The molecule has 3 atom stereocenters. The highest BCUT2D eigenvalue weighted by molar-refractivity contribution is 7.88. The molecule has 3 aliphatic heterocycles. The Labute approximate surface area is 207 Å². The van der Waals surface area contributed by atoms with Crippen LogP contribution >= 0.6 is 11.6 Å². The Bertz CT molecular complexity index is 1140. The third kappa shape index (κ3) is 5.42. The second-order valence-corrected chi connectivity index (χ2v) is 11.4. The molecule has 0 aromatic carbocycles. The molecule has 5 rings (SSSR count). The van der Waals surface area contributed by atoms with E-state index in [1.54, 1.807) is 12.4 Å². The van der Waals surface area contributed by atoms with Gasteiger partial charge in [-0.3, -0.25) is 0 Å². The first-order valence-electron chi connectivity index (χ1n) is 11.4. The number of rotatable bonds is 6. The lowest BCUT2D eigenvalue weighted by atomic mass is 9.84. The molecule has 0 amide bonds. The summed E-state index contributed by atoms with van der Waals surface area (Å²) in [6.07, 6.45) is 5.74. The summed E-state index contributed by atoms with van der Waals surface area (Å²) in [5, 5.41) is 0.466. The number of aromatic nitrogens is 4. The highest BCUT2D eigenvalue weighted by Gasteiger charge is 2.43. The largest absolute Gasteiger partial charge is 0.472 e. The first kappa shape index (κ1) is 24.3. The molecule has 1 unspecified atom stereocenters. The van der Waals surface area contributed by atoms with Crippen molar-refractivity contribution in [1.82, 2.24) is 24.2 Å². The molecule has 3 fully saturated rings. The number of nitrogens with zero attached hydrogens (tertiary/aromatic N) is 6. The van der Waals surface area contributed by atoms with Crippen LogP contribution in [0.4, 0.5) is 10.3 Å². The summed E-state index contributed by atoms with van der Waals surface area (Å²) in [6.45, 7) is 2.72. The number of sulfonamides is 1. The molecule has 14 heteroatoms. The van der Waals surface area contributed by atoms with Crippen LogP contribution in [0.25, 0.3) is 0 Å². The maximum absolute atomic E-state index is 15.2. The standard InChI is InChI=1S/C21H26ClFN6O5S/c1-35(30,31)29-4-2-16(3-5-29)33-19-17(23)20(27-12-26-19)34-18-13-8-28(9-14(18)11-32-10-13)21-24-6-15(22)7-25-21/h6-7,12-14,16,18H,2-5,8-11H2,1H3/t13-,14+,18?. The normalized spacial score (nSPS) is 25.9. The van der Waals surface area contributed by atoms with Gasteiger partial charge in [0.25, 0.3) is 11.8 Å². The minimum atomic E-state index is -3.25. The van der Waals surface area contributed by atoms with Gasteiger partial charge in [-0.2, -0.15) is 14.4 Å². The first-order valence-corrected chi connectivity index (χ1v) is 13.6. The summed E-state index contributed by atoms with van der Waals surface area (Å²) < 4.78 is 57.6. The van der Waals surface area contributed by atoms with Gasteiger partial charge >= 0.3 is 0 Å². The van der Waals surface area contributed by atoms with E-state index in [0.29, 0.717) is 63.2 Å². The molecule has 5 heterocycles. The molecule has 0 N–H and O–H groups in total. The Morgan fingerprint density at radius 3 is 2.23 bits per heavy atom. The van der Waals surface area contributed by atoms with Gasteiger partial charge in [-0.25, -0.2) is 22.7 Å². The number of piperidine rings is 2. The summed E-state index contributed by atoms with van der Waals surface area (Å²) >= 11 is 5.91. The van der Waals surface area contributed by atoms with Crippen molar-refractivity contribution in [3.63, 3.8) is 0 Å². The van der Waals surface area contributed by atoms with Gasteiger partial charge in [0.1, 0.15) is 18.5 Å². The van der Waals surface area contributed by atoms with Crippen LogP contribution in [0.1, 0.15) is 12.8 Å². The van der Waals surface area contributed by atoms with E-state index in [1.807, 2.05) is 0 Å². The highest BCUT2D eigenvalue weighted by atomic mass is 35.5. The molecule has 3 aliphatic rings. The average Bonchev–Trinajstić information content (AvgIpc) is 2.82. The third-order valence-corrected chi connectivity index (χ3v) is 8.01. The number of ether oxygens (including phenoxy) is 3. The summed E-state index contributed by atoms with van der Waals surface area (Å²) in [7, 11) is -3.25. The van der Waals surface area contributed by atoms with Crippen molar-refractivity contribution < 1.29 is 27.0 Å². The van der Waals surface area contributed by atoms with Crippen LogP contribution in [-0.2, 0) is 14.8 Å². The zero-order valence-corrected chi connectivity index (χ0v) is 20.7. The van der Waals surface area contributed by atoms with Gasteiger partial charge in [-0.15, -0.1) is 0 Å². The molecule has 2 aromatic rings. The molecular formula is C21H26ClFN6O5S. The molecule has 0 radical (unpaired) electrons. The first-order chi connectivity index (χ1) is 16.8. The minimum Gasteiger partial charge on any atom is -0.472 e. The Morgan fingerprint density at radius 1 is 1.03 bits per heavy atom. The van der Waals surface area contributed by atoms with E-state index in [0.717, 1.165) is 0 Å². The average molecular weight is 529 g/mol. The smallest absolute Gasteiger partial charge is 0.257 e. The van der Waals surface area contributed by atoms with Gasteiger partial charge < -0.3 is 19.1 Å². The van der Waals surface area contributed by atoms with Gasteiger partial charge in [0.15, 0.2) is 0 Å². The predicted octanol–water partition coefficient (Wildman–Crippen LogP) is 1.39. The summed E-state index contributed by atoms with van der Waals surface area (Å²) in [4.78, 5) is 18.6. The maximum Gasteiger partial charge on any atom is 0.257 e. The zero-order valence-electron chi connectivity index (χ0n) is 19.1. The monoisotopic (exact) mass is 528 g/mol. The van der Waals surface area contributed by atoms with Crippen LogP contribution in [0.3, 0.4) is 0 Å². The van der Waals surface area contributed by atoms with Gasteiger partial charge in [-0.1, -0.05) is 11.6 Å². The number of anilines is 1. The minimum absolute atomic E-state index is 0.0409. The molecule has 0 spiro atoms. The van der Waals surface area contributed by atoms with Gasteiger partial charge in [0.2, 0.25) is 21.8 Å². The molecule has 0 saturated carbocycles. The second-order valence-electron chi connectivity index (χ2n) is 9.02. The van der Waals surface area contributed by atoms with Crippen molar-refractivity contribution in [1.29, 1.82) is 0 Å². The quantitative estimate of drug-likeness (QED) is 0.544. The van der Waals surface area contributed by atoms with Crippen LogP contribution in [0, 0.1) is 17.7 Å². The molecule has 35 heavy (non-hydrogen) atoms. The Morgan fingerprint density at radius 2 is 1.63 bits per heavy atom. The second kappa shape index (κ2) is 9.96. The van der Waals surface area contributed by atoms with E-state index < -0.39 is 15.8 Å². The van der Waals surface area contributed by atoms with E-state index in [4.69, 9.17) is 25.8 Å². The molecule has 3 saturated heterocycles. The van der Waals surface area contributed by atoms with Crippen LogP contribution in [0.2, 0.25) is 5.02 Å². The van der Waals surface area contributed by atoms with Crippen LogP contribution in [-0.4, -0.2) is 90.5 Å². The van der Waals surface area contributed by atoms with E-state index in [-0.39, 0.29) is 35.8 Å². The van der Waals surface area contributed by atoms with Crippen molar-refractivity contribution >= 4 is 27.6 Å². The summed E-state index contributed by atoms with van der Waals surface area (Å²) in [6, 6.07) is 0. The van der Waals surface area contributed by atoms with Crippen molar-refractivity contribution in [3.8, 4) is 11.8 Å². The molecule has 2 bridgehead atoms. The zero-order chi connectivity index (χ0) is 24.6. The lowest BCUT2D eigenvalue weighted by Gasteiger charge is -2.46. The van der Waals surface area contributed by atoms with Crippen molar-refractivity contribution in [2.24, 2.45) is 11.8 Å². The molecule has 0 aliphatic carbocycles. The fraction of sp³-hybridized carbons (Fsp3) is 0.619. The van der Waals surface area contributed by atoms with Crippen LogP contribution in [0.5, 0.6) is 11.8 Å². The summed E-state index contributed by atoms with van der Waals surface area (Å²) in [5.41, 5.74) is 0. The fourth-order valence-corrected chi connectivity index (χ4v) is 5.77.